The SMILES string of the molecule is CCCCC1CCC(CNC(=O)C2CNCCO2)CC1.Cl. The third-order valence-corrected chi connectivity index (χ3v) is 4.72. The lowest BCUT2D eigenvalue weighted by Gasteiger charge is -2.29. The van der Waals surface area contributed by atoms with Crippen LogP contribution in [0.25, 0.3) is 0 Å². The maximum Gasteiger partial charge on any atom is 0.250 e. The van der Waals surface area contributed by atoms with Crippen molar-refractivity contribution < 1.29 is 9.53 Å². The number of rotatable bonds is 6. The normalized spacial score (nSPS) is 29.5. The van der Waals surface area contributed by atoms with Crippen molar-refractivity contribution in [2.75, 3.05) is 26.2 Å². The molecule has 1 aliphatic carbocycles. The Labute approximate surface area is 135 Å². The number of hydrogen-bond donors (Lipinski definition) is 2. The maximum atomic E-state index is 12.0. The Morgan fingerprint density at radius 2 is 1.95 bits per heavy atom. The summed E-state index contributed by atoms with van der Waals surface area (Å²) in [5.41, 5.74) is 0. The van der Waals surface area contributed by atoms with Gasteiger partial charge in [-0.15, -0.1) is 12.4 Å². The Bertz CT molecular complexity index is 288. The largest absolute Gasteiger partial charge is 0.366 e. The van der Waals surface area contributed by atoms with Gasteiger partial charge < -0.3 is 15.4 Å². The monoisotopic (exact) mass is 318 g/mol. The summed E-state index contributed by atoms with van der Waals surface area (Å²) in [4.78, 5) is 12.0. The van der Waals surface area contributed by atoms with E-state index in [1.807, 2.05) is 0 Å². The number of nitrogens with one attached hydrogen (secondary N) is 2. The fraction of sp³-hybridized carbons (Fsp3) is 0.938. The molecule has 1 heterocycles. The molecule has 1 saturated carbocycles. The molecular formula is C16H31ClN2O2. The Kier molecular flexibility index (Phi) is 9.29. The van der Waals surface area contributed by atoms with Crippen LogP contribution in [-0.4, -0.2) is 38.3 Å². The van der Waals surface area contributed by atoms with E-state index in [0.29, 0.717) is 19.1 Å². The molecule has 2 aliphatic rings. The van der Waals surface area contributed by atoms with Gasteiger partial charge in [0.15, 0.2) is 0 Å². The number of carbonyl (C=O) groups is 1. The minimum atomic E-state index is -0.287. The van der Waals surface area contributed by atoms with Gasteiger partial charge in [0.25, 0.3) is 0 Å². The van der Waals surface area contributed by atoms with E-state index in [2.05, 4.69) is 17.6 Å². The first-order valence-corrected chi connectivity index (χ1v) is 8.39. The molecule has 4 nitrogen and oxygen atoms in total. The highest BCUT2D eigenvalue weighted by Gasteiger charge is 2.24. The summed E-state index contributed by atoms with van der Waals surface area (Å²) in [5.74, 6) is 1.67. The predicted molar refractivity (Wildman–Crippen MR) is 87.8 cm³/mol. The number of morpholine rings is 1. The van der Waals surface area contributed by atoms with Gasteiger partial charge in [0.1, 0.15) is 6.10 Å². The molecule has 0 aromatic rings. The van der Waals surface area contributed by atoms with E-state index in [-0.39, 0.29) is 24.4 Å². The molecule has 2 fully saturated rings. The van der Waals surface area contributed by atoms with Gasteiger partial charge in [-0.05, 0) is 24.7 Å². The first-order chi connectivity index (χ1) is 9.79. The van der Waals surface area contributed by atoms with Crippen LogP contribution >= 0.6 is 12.4 Å². The van der Waals surface area contributed by atoms with Crippen molar-refractivity contribution in [3.8, 4) is 0 Å². The number of amides is 1. The lowest BCUT2D eigenvalue weighted by atomic mass is 9.80. The molecule has 0 aromatic heterocycles. The van der Waals surface area contributed by atoms with Crippen LogP contribution in [0.2, 0.25) is 0 Å². The topological polar surface area (TPSA) is 50.4 Å². The number of unbranched alkanes of at least 4 members (excludes halogenated alkanes) is 1. The van der Waals surface area contributed by atoms with Crippen LogP contribution in [0.4, 0.5) is 0 Å². The molecule has 1 saturated heterocycles. The lowest BCUT2D eigenvalue weighted by Crippen LogP contribution is -2.48. The molecule has 0 spiro atoms. The summed E-state index contributed by atoms with van der Waals surface area (Å²) < 4.78 is 5.47. The van der Waals surface area contributed by atoms with Gasteiger partial charge in [-0.1, -0.05) is 39.0 Å². The number of halogens is 1. The summed E-state index contributed by atoms with van der Waals surface area (Å²) in [5, 5.41) is 6.27. The van der Waals surface area contributed by atoms with Crippen LogP contribution in [-0.2, 0) is 9.53 Å². The second-order valence-electron chi connectivity index (χ2n) is 6.34. The molecule has 5 heteroatoms. The average Bonchev–Trinajstić information content (AvgIpc) is 2.52. The van der Waals surface area contributed by atoms with Crippen LogP contribution in [0.15, 0.2) is 0 Å². The first kappa shape index (κ1) is 18.7. The average molecular weight is 319 g/mol. The summed E-state index contributed by atoms with van der Waals surface area (Å²) in [7, 11) is 0. The lowest BCUT2D eigenvalue weighted by molar-refractivity contribution is -0.134. The fourth-order valence-corrected chi connectivity index (χ4v) is 3.31. The molecule has 21 heavy (non-hydrogen) atoms. The third-order valence-electron chi connectivity index (χ3n) is 4.72. The molecule has 2 rings (SSSR count). The van der Waals surface area contributed by atoms with Crippen molar-refractivity contribution >= 4 is 18.3 Å². The van der Waals surface area contributed by atoms with Gasteiger partial charge in [0, 0.05) is 19.6 Å². The van der Waals surface area contributed by atoms with Crippen molar-refractivity contribution in [1.82, 2.24) is 10.6 Å². The van der Waals surface area contributed by atoms with Crippen LogP contribution in [0.3, 0.4) is 0 Å². The molecule has 124 valence electrons. The minimum absolute atomic E-state index is 0. The van der Waals surface area contributed by atoms with E-state index < -0.39 is 0 Å². The molecule has 1 aliphatic heterocycles. The predicted octanol–water partition coefficient (Wildman–Crippen LogP) is 2.51. The van der Waals surface area contributed by atoms with E-state index in [0.717, 1.165) is 19.0 Å². The number of carbonyl (C=O) groups excluding carboxylic acids is 1. The van der Waals surface area contributed by atoms with Crippen LogP contribution in [0.1, 0.15) is 51.9 Å². The van der Waals surface area contributed by atoms with E-state index >= 15 is 0 Å². The third kappa shape index (κ3) is 6.54. The van der Waals surface area contributed by atoms with Crippen LogP contribution in [0, 0.1) is 11.8 Å². The standard InChI is InChI=1S/C16H30N2O2.ClH/c1-2-3-4-13-5-7-14(8-6-13)11-18-16(19)15-12-17-9-10-20-15;/h13-15,17H,2-12H2,1H3,(H,18,19);1H. The highest BCUT2D eigenvalue weighted by molar-refractivity contribution is 5.85. The smallest absolute Gasteiger partial charge is 0.250 e. The second-order valence-corrected chi connectivity index (χ2v) is 6.34. The zero-order valence-electron chi connectivity index (χ0n) is 13.2. The fourth-order valence-electron chi connectivity index (χ4n) is 3.31. The van der Waals surface area contributed by atoms with E-state index in [4.69, 9.17) is 4.74 Å². The molecule has 0 bridgehead atoms. The molecule has 0 aromatic carbocycles. The highest BCUT2D eigenvalue weighted by Crippen LogP contribution is 2.31. The van der Waals surface area contributed by atoms with Gasteiger partial charge >= 0.3 is 0 Å². The minimum Gasteiger partial charge on any atom is -0.366 e. The van der Waals surface area contributed by atoms with E-state index in [1.165, 1.54) is 44.9 Å². The Morgan fingerprint density at radius 1 is 1.24 bits per heavy atom. The summed E-state index contributed by atoms with van der Waals surface area (Å²) in [6.45, 7) is 5.24. The van der Waals surface area contributed by atoms with Gasteiger partial charge in [-0.2, -0.15) is 0 Å². The van der Waals surface area contributed by atoms with Crippen molar-refractivity contribution in [2.24, 2.45) is 11.8 Å². The Balaban J connectivity index is 0.00000220. The van der Waals surface area contributed by atoms with Crippen LogP contribution in [0.5, 0.6) is 0 Å². The van der Waals surface area contributed by atoms with E-state index in [9.17, 15) is 4.79 Å². The highest BCUT2D eigenvalue weighted by atomic mass is 35.5. The van der Waals surface area contributed by atoms with Crippen molar-refractivity contribution in [1.29, 1.82) is 0 Å². The van der Waals surface area contributed by atoms with Gasteiger partial charge in [-0.3, -0.25) is 4.79 Å². The van der Waals surface area contributed by atoms with Crippen LogP contribution < -0.4 is 10.6 Å². The summed E-state index contributed by atoms with van der Waals surface area (Å²) >= 11 is 0. The van der Waals surface area contributed by atoms with Gasteiger partial charge in [0.05, 0.1) is 6.61 Å². The maximum absolute atomic E-state index is 12.0. The van der Waals surface area contributed by atoms with Gasteiger partial charge in [-0.25, -0.2) is 0 Å². The second kappa shape index (κ2) is 10.4. The number of hydrogen-bond acceptors (Lipinski definition) is 3. The van der Waals surface area contributed by atoms with Crippen molar-refractivity contribution in [3.05, 3.63) is 0 Å². The van der Waals surface area contributed by atoms with E-state index in [1.54, 1.807) is 0 Å². The molecule has 1 unspecified atom stereocenters. The molecule has 1 amide bonds. The van der Waals surface area contributed by atoms with Gasteiger partial charge in [0.2, 0.25) is 5.91 Å². The van der Waals surface area contributed by atoms with Crippen molar-refractivity contribution in [2.45, 2.75) is 58.0 Å². The van der Waals surface area contributed by atoms with Crippen molar-refractivity contribution in [3.63, 3.8) is 0 Å². The first-order valence-electron chi connectivity index (χ1n) is 8.39. The summed E-state index contributed by atoms with van der Waals surface area (Å²) in [6.07, 6.45) is 9.05. The zero-order chi connectivity index (χ0) is 14.2. The molecule has 0 radical (unpaired) electrons. The molecule has 1 atom stereocenters. The quantitative estimate of drug-likeness (QED) is 0.791. The summed E-state index contributed by atoms with van der Waals surface area (Å²) in [6, 6.07) is 0. The Hall–Kier alpha value is -0.320. The number of ether oxygens (including phenoxy) is 1. The Morgan fingerprint density at radius 3 is 2.57 bits per heavy atom. The molecule has 2 N–H and O–H groups in total. The zero-order valence-corrected chi connectivity index (χ0v) is 14.1. The molecular weight excluding hydrogens is 288 g/mol.